The van der Waals surface area contributed by atoms with E-state index in [2.05, 4.69) is 5.10 Å². The maximum atomic E-state index is 14.2. The minimum Gasteiger partial charge on any atom is -0.478 e. The summed E-state index contributed by atoms with van der Waals surface area (Å²) in [5, 5.41) is 13.8. The van der Waals surface area contributed by atoms with Crippen LogP contribution in [0.5, 0.6) is 5.75 Å². The molecular weight excluding hydrogens is 542 g/mol. The average Bonchev–Trinajstić information content (AvgIpc) is 3.22. The van der Waals surface area contributed by atoms with E-state index >= 15 is 0 Å². The molecule has 11 heteroatoms. The van der Waals surface area contributed by atoms with Crippen LogP contribution < -0.4 is 10.4 Å². The number of halogens is 4. The smallest absolute Gasteiger partial charge is 0.416 e. The fourth-order valence-corrected chi connectivity index (χ4v) is 4.30. The number of ether oxygens (including phenoxy) is 1. The molecule has 3 aromatic carbocycles. The molecule has 0 atom stereocenters. The zero-order valence-corrected chi connectivity index (χ0v) is 22.7. The van der Waals surface area contributed by atoms with E-state index in [9.17, 15) is 32.3 Å². The molecule has 0 amide bonds. The second-order valence-electron chi connectivity index (χ2n) is 10.2. The molecule has 0 bridgehead atoms. The summed E-state index contributed by atoms with van der Waals surface area (Å²) < 4.78 is 61.5. The minimum absolute atomic E-state index is 0.117. The molecule has 0 aliphatic carbocycles. The normalized spacial score (nSPS) is 12.0. The Kier molecular flexibility index (Phi) is 8.37. The van der Waals surface area contributed by atoms with Crippen LogP contribution >= 0.6 is 0 Å². The Labute approximate surface area is 233 Å². The molecule has 0 aliphatic heterocycles. The summed E-state index contributed by atoms with van der Waals surface area (Å²) in [6, 6.07) is 15.7. The molecule has 0 unspecified atom stereocenters. The minimum atomic E-state index is -4.52. The van der Waals surface area contributed by atoms with Gasteiger partial charge in [-0.1, -0.05) is 30.3 Å². The topological polar surface area (TPSA) is 86.4 Å². The first-order chi connectivity index (χ1) is 19.3. The van der Waals surface area contributed by atoms with Gasteiger partial charge in [-0.15, -0.1) is 5.10 Å². The van der Waals surface area contributed by atoms with Crippen molar-refractivity contribution in [3.63, 3.8) is 0 Å². The van der Waals surface area contributed by atoms with E-state index in [1.807, 2.05) is 6.07 Å². The van der Waals surface area contributed by atoms with Crippen molar-refractivity contribution in [3.8, 4) is 11.4 Å². The van der Waals surface area contributed by atoms with Crippen molar-refractivity contribution in [3.05, 3.63) is 111 Å². The fraction of sp³-hybridized carbons (Fsp3) is 0.300. The largest absolute Gasteiger partial charge is 0.478 e. The van der Waals surface area contributed by atoms with Crippen LogP contribution in [-0.4, -0.2) is 31.0 Å². The van der Waals surface area contributed by atoms with Crippen molar-refractivity contribution in [2.45, 2.75) is 58.4 Å². The third-order valence-electron chi connectivity index (χ3n) is 6.70. The number of aromatic nitrogens is 3. The van der Waals surface area contributed by atoms with Gasteiger partial charge >= 0.3 is 17.8 Å². The molecule has 0 aliphatic rings. The molecule has 7 nitrogen and oxygen atoms in total. The average molecular weight is 572 g/mol. The molecule has 216 valence electrons. The van der Waals surface area contributed by atoms with Gasteiger partial charge < -0.3 is 9.84 Å². The van der Waals surface area contributed by atoms with Crippen molar-refractivity contribution >= 4 is 5.97 Å². The number of carbonyl (C=O) groups is 1. The molecule has 1 N–H and O–H groups in total. The first-order valence-corrected chi connectivity index (χ1v) is 12.9. The van der Waals surface area contributed by atoms with Crippen molar-refractivity contribution in [1.82, 2.24) is 14.3 Å². The molecule has 0 fully saturated rings. The van der Waals surface area contributed by atoms with Gasteiger partial charge in [0.1, 0.15) is 17.4 Å². The number of benzene rings is 3. The summed E-state index contributed by atoms with van der Waals surface area (Å²) in [6.45, 7) is 4.82. The zero-order valence-electron chi connectivity index (χ0n) is 22.7. The van der Waals surface area contributed by atoms with Gasteiger partial charge in [0.15, 0.2) is 5.60 Å². The molecule has 0 saturated heterocycles. The highest BCUT2D eigenvalue weighted by Gasteiger charge is 2.31. The summed E-state index contributed by atoms with van der Waals surface area (Å²) in [4.78, 5) is 24.8. The lowest BCUT2D eigenvalue weighted by Crippen LogP contribution is -2.38. The van der Waals surface area contributed by atoms with Crippen LogP contribution in [0.4, 0.5) is 17.6 Å². The first kappa shape index (κ1) is 29.6. The number of aliphatic carboxylic acids is 1. The van der Waals surface area contributed by atoms with Gasteiger partial charge in [0.05, 0.1) is 11.3 Å². The van der Waals surface area contributed by atoms with Crippen molar-refractivity contribution in [1.29, 1.82) is 0 Å². The molecule has 41 heavy (non-hydrogen) atoms. The Bertz CT molecular complexity index is 1610. The van der Waals surface area contributed by atoms with E-state index in [-0.39, 0.29) is 18.7 Å². The predicted octanol–water partition coefficient (Wildman–Crippen LogP) is 5.77. The highest BCUT2D eigenvalue weighted by molar-refractivity contribution is 5.76. The number of aryl methyl sites for hydroxylation is 4. The molecule has 0 spiro atoms. The van der Waals surface area contributed by atoms with Crippen LogP contribution in [0.1, 0.15) is 41.9 Å². The highest BCUT2D eigenvalue weighted by Crippen LogP contribution is 2.29. The quantitative estimate of drug-likeness (QED) is 0.244. The number of rotatable bonds is 10. The van der Waals surface area contributed by atoms with Gasteiger partial charge in [-0.2, -0.15) is 17.9 Å². The van der Waals surface area contributed by atoms with Gasteiger partial charge in [-0.25, -0.2) is 14.0 Å². The van der Waals surface area contributed by atoms with Crippen LogP contribution in [0.3, 0.4) is 0 Å². The van der Waals surface area contributed by atoms with E-state index in [0.717, 1.165) is 27.9 Å². The van der Waals surface area contributed by atoms with Gasteiger partial charge in [0.25, 0.3) is 0 Å². The molecule has 4 aromatic rings. The van der Waals surface area contributed by atoms with E-state index < -0.39 is 34.8 Å². The van der Waals surface area contributed by atoms with Crippen LogP contribution in [0, 0.1) is 12.7 Å². The van der Waals surface area contributed by atoms with Crippen LogP contribution in [0.25, 0.3) is 5.69 Å². The third-order valence-corrected chi connectivity index (χ3v) is 6.70. The lowest BCUT2D eigenvalue weighted by Gasteiger charge is -2.23. The number of hydrogen-bond acceptors (Lipinski definition) is 4. The van der Waals surface area contributed by atoms with Crippen LogP contribution in [-0.2, 0) is 36.8 Å². The Morgan fingerprint density at radius 2 is 1.66 bits per heavy atom. The Morgan fingerprint density at radius 1 is 0.976 bits per heavy atom. The van der Waals surface area contributed by atoms with E-state index in [1.165, 1.54) is 36.6 Å². The number of nitrogens with zero attached hydrogens (tertiary/aromatic N) is 3. The number of alkyl halides is 3. The maximum absolute atomic E-state index is 14.2. The fourth-order valence-electron chi connectivity index (χ4n) is 4.30. The molecule has 0 saturated carbocycles. The van der Waals surface area contributed by atoms with Gasteiger partial charge in [0.2, 0.25) is 0 Å². The summed E-state index contributed by atoms with van der Waals surface area (Å²) in [5.41, 5.74) is -0.610. The van der Waals surface area contributed by atoms with Gasteiger partial charge in [0, 0.05) is 13.0 Å². The Balaban J connectivity index is 1.61. The summed E-state index contributed by atoms with van der Waals surface area (Å²) in [7, 11) is 0. The highest BCUT2D eigenvalue weighted by atomic mass is 19.4. The number of carboxylic acid groups (broad SMARTS) is 1. The molecule has 1 heterocycles. The first-order valence-electron chi connectivity index (χ1n) is 12.9. The molecule has 0 radical (unpaired) electrons. The summed E-state index contributed by atoms with van der Waals surface area (Å²) >= 11 is 0. The molecular formula is C30H29F4N3O4. The Morgan fingerprint density at radius 3 is 2.27 bits per heavy atom. The predicted molar refractivity (Wildman–Crippen MR) is 144 cm³/mol. The van der Waals surface area contributed by atoms with Crippen molar-refractivity contribution in [2.75, 3.05) is 0 Å². The molecule has 4 rings (SSSR count). The number of carboxylic acids is 1. The maximum Gasteiger partial charge on any atom is 0.416 e. The summed E-state index contributed by atoms with van der Waals surface area (Å²) in [6.07, 6.45) is -3.55. The zero-order chi connectivity index (χ0) is 29.9. The lowest BCUT2D eigenvalue weighted by atomic mass is 10.0. The van der Waals surface area contributed by atoms with E-state index in [4.69, 9.17) is 4.74 Å². The lowest BCUT2D eigenvalue weighted by molar-refractivity contribution is -0.152. The van der Waals surface area contributed by atoms with Gasteiger partial charge in [-0.05, 0) is 86.7 Å². The van der Waals surface area contributed by atoms with E-state index in [1.54, 1.807) is 37.3 Å². The monoisotopic (exact) mass is 571 g/mol. The van der Waals surface area contributed by atoms with Crippen LogP contribution in [0.15, 0.2) is 71.5 Å². The second kappa shape index (κ2) is 11.6. The summed E-state index contributed by atoms with van der Waals surface area (Å²) in [5.74, 6) is -0.690. The van der Waals surface area contributed by atoms with Crippen molar-refractivity contribution in [2.24, 2.45) is 0 Å². The van der Waals surface area contributed by atoms with Crippen molar-refractivity contribution < 1.29 is 32.2 Å². The standard InChI is InChI=1S/C30H29F4N3O4/c1-19-18-20(8-14-25(19)41-29(2,3)27(38)39)9-15-26-35-37(23-12-10-22(11-13-23)30(32,33)34)28(40)36(26)17-16-21-6-4-5-7-24(21)31/h4-8,10-14,18H,9,15-17H2,1-3H3,(H,38,39). The molecule has 1 aromatic heterocycles. The number of hydrogen-bond donors (Lipinski definition) is 1. The Hall–Kier alpha value is -4.41. The van der Waals surface area contributed by atoms with E-state index in [0.29, 0.717) is 30.0 Å². The third kappa shape index (κ3) is 6.85. The van der Waals surface area contributed by atoms with Gasteiger partial charge in [-0.3, -0.25) is 4.57 Å². The van der Waals surface area contributed by atoms with Crippen LogP contribution in [0.2, 0.25) is 0 Å². The SMILES string of the molecule is Cc1cc(CCc2nn(-c3ccc(C(F)(F)F)cc3)c(=O)n2CCc2ccccc2F)ccc1OC(C)(C)C(=O)O. The second-order valence-corrected chi connectivity index (χ2v) is 10.2.